The van der Waals surface area contributed by atoms with E-state index in [1.807, 2.05) is 0 Å². The van der Waals surface area contributed by atoms with E-state index < -0.39 is 0 Å². The van der Waals surface area contributed by atoms with Crippen molar-refractivity contribution >= 4 is 0 Å². The van der Waals surface area contributed by atoms with E-state index >= 15 is 0 Å². The second-order valence-corrected chi connectivity index (χ2v) is 2.18. The third-order valence-corrected chi connectivity index (χ3v) is 1.32. The van der Waals surface area contributed by atoms with E-state index in [1.165, 1.54) is 32.1 Å². The minimum absolute atomic E-state index is 1.38. The van der Waals surface area contributed by atoms with Crippen LogP contribution in [-0.2, 0) is 0 Å². The van der Waals surface area contributed by atoms with Crippen molar-refractivity contribution in [1.29, 1.82) is 0 Å². The Hall–Kier alpha value is -0.480. The second kappa shape index (κ2) is 7.52. The van der Waals surface area contributed by atoms with Crippen LogP contribution in [0, 0.1) is 6.42 Å². The first kappa shape index (κ1) is 8.52. The van der Waals surface area contributed by atoms with Gasteiger partial charge in [0.25, 0.3) is 0 Å². The molecule has 0 unspecified atom stereocenters. The van der Waals surface area contributed by atoms with Gasteiger partial charge >= 0.3 is 0 Å². The number of hydrogen-bond donors (Lipinski definition) is 0. The van der Waals surface area contributed by atoms with Gasteiger partial charge in [-0.2, -0.15) is 0 Å². The van der Waals surface area contributed by atoms with Gasteiger partial charge in [0.05, 0.1) is 0 Å². The summed E-state index contributed by atoms with van der Waals surface area (Å²) >= 11 is 0. The highest BCUT2D eigenvalue weighted by atomic mass is 14.0. The maximum atomic E-state index is 3.12. The minimum atomic E-state index is 1.38. The summed E-state index contributed by atoms with van der Waals surface area (Å²) < 4.78 is 0. The lowest BCUT2D eigenvalue weighted by molar-refractivity contribution is 0.593. The summed E-state index contributed by atoms with van der Waals surface area (Å²) in [5.41, 5.74) is 2.25. The molecule has 1 fully saturated rings. The van der Waals surface area contributed by atoms with Crippen LogP contribution in [0.5, 0.6) is 0 Å². The van der Waals surface area contributed by atoms with Gasteiger partial charge in [0, 0.05) is 0 Å². The van der Waals surface area contributed by atoms with Gasteiger partial charge in [-0.05, 0) is 6.42 Å². The molecule has 0 aromatic carbocycles. The summed E-state index contributed by atoms with van der Waals surface area (Å²) in [4.78, 5) is 0. The van der Waals surface area contributed by atoms with Crippen LogP contribution in [0.2, 0.25) is 0 Å². The van der Waals surface area contributed by atoms with E-state index in [1.54, 1.807) is 0 Å². The molecule has 0 aromatic heterocycles. The highest BCUT2D eigenvalue weighted by molar-refractivity contribution is 4.69. The normalized spacial score (nSPS) is 16.9. The molecule has 0 aliphatic heterocycles. The van der Waals surface area contributed by atoms with Gasteiger partial charge in [0.15, 0.2) is 0 Å². The molecule has 0 atom stereocenters. The molecule has 0 nitrogen and oxygen atoms in total. The average Bonchev–Trinajstić information content (AvgIpc) is 1.93. The Morgan fingerprint density at radius 2 is 1.44 bits per heavy atom. The number of rotatable bonds is 0. The molecule has 0 aromatic rings. The average molecular weight is 123 g/mol. The third kappa shape index (κ3) is 7.52. The predicted octanol–water partition coefficient (Wildman–Crippen LogP) is 3.11. The molecule has 1 aliphatic carbocycles. The minimum Gasteiger partial charge on any atom is -0.137 e. The van der Waals surface area contributed by atoms with Crippen molar-refractivity contribution < 1.29 is 0 Å². The van der Waals surface area contributed by atoms with Crippen molar-refractivity contribution in [2.24, 2.45) is 0 Å². The summed E-state index contributed by atoms with van der Waals surface area (Å²) in [5, 5.41) is 0. The SMILES string of the molecule is C=C=C.[CH]1CCCCC1. The fourth-order valence-corrected chi connectivity index (χ4v) is 0.898. The lowest BCUT2D eigenvalue weighted by Crippen LogP contribution is -1.87. The highest BCUT2D eigenvalue weighted by Gasteiger charge is 1.95. The molecule has 0 spiro atoms. The quantitative estimate of drug-likeness (QED) is 0.434. The Morgan fingerprint density at radius 3 is 1.56 bits per heavy atom. The van der Waals surface area contributed by atoms with Crippen molar-refractivity contribution in [1.82, 2.24) is 0 Å². The van der Waals surface area contributed by atoms with Crippen LogP contribution < -0.4 is 0 Å². The van der Waals surface area contributed by atoms with Gasteiger partial charge in [-0.1, -0.05) is 45.3 Å². The monoisotopic (exact) mass is 123 g/mol. The van der Waals surface area contributed by atoms with Crippen LogP contribution in [0.4, 0.5) is 0 Å². The lowest BCUT2D eigenvalue weighted by atomic mass is 10.0. The zero-order valence-corrected chi connectivity index (χ0v) is 6.03. The summed E-state index contributed by atoms with van der Waals surface area (Å²) in [7, 11) is 0. The summed E-state index contributed by atoms with van der Waals surface area (Å²) in [6.45, 7) is 6.25. The first-order chi connectivity index (χ1) is 4.41. The maximum Gasteiger partial charge on any atom is -0.0386 e. The largest absolute Gasteiger partial charge is 0.137 e. The van der Waals surface area contributed by atoms with E-state index in [-0.39, 0.29) is 0 Å². The topological polar surface area (TPSA) is 0 Å². The van der Waals surface area contributed by atoms with Crippen LogP contribution in [0.15, 0.2) is 18.9 Å². The molecule has 51 valence electrons. The Balaban J connectivity index is 0.000000187. The predicted molar refractivity (Wildman–Crippen MR) is 42.2 cm³/mol. The van der Waals surface area contributed by atoms with E-state index in [0.29, 0.717) is 0 Å². The van der Waals surface area contributed by atoms with Gasteiger partial charge in [0.2, 0.25) is 0 Å². The molecule has 0 heteroatoms. The van der Waals surface area contributed by atoms with Crippen LogP contribution in [0.1, 0.15) is 32.1 Å². The van der Waals surface area contributed by atoms with Crippen LogP contribution >= 0.6 is 0 Å². The van der Waals surface area contributed by atoms with Gasteiger partial charge in [0.1, 0.15) is 0 Å². The summed E-state index contributed by atoms with van der Waals surface area (Å²) in [6.07, 6.45) is 9.50. The molecule has 1 radical (unpaired) electrons. The van der Waals surface area contributed by atoms with Gasteiger partial charge in [-0.15, -0.1) is 5.73 Å². The van der Waals surface area contributed by atoms with E-state index in [4.69, 9.17) is 0 Å². The Bertz CT molecular complexity index is 60.5. The summed E-state index contributed by atoms with van der Waals surface area (Å²) in [6, 6.07) is 0. The fraction of sp³-hybridized carbons (Fsp3) is 0.556. The van der Waals surface area contributed by atoms with Gasteiger partial charge < -0.3 is 0 Å². The standard InChI is InChI=1S/C6H11.C3H4/c1-2-4-6-5-3-1;1-3-2/h1H,2-6H2;1-2H2. The van der Waals surface area contributed by atoms with Crippen LogP contribution in [0.3, 0.4) is 0 Å². The zero-order chi connectivity index (χ0) is 6.95. The maximum absolute atomic E-state index is 3.12. The van der Waals surface area contributed by atoms with E-state index in [9.17, 15) is 0 Å². The lowest BCUT2D eigenvalue weighted by Gasteiger charge is -2.05. The first-order valence-corrected chi connectivity index (χ1v) is 3.52. The van der Waals surface area contributed by atoms with Crippen molar-refractivity contribution in [3.05, 3.63) is 25.3 Å². The second-order valence-electron chi connectivity index (χ2n) is 2.18. The molecule has 1 saturated carbocycles. The molecule has 0 N–H and O–H groups in total. The molecule has 0 heterocycles. The molecular formula is C9H15. The van der Waals surface area contributed by atoms with Crippen molar-refractivity contribution in [2.75, 3.05) is 0 Å². The molecule has 0 bridgehead atoms. The van der Waals surface area contributed by atoms with E-state index in [0.717, 1.165) is 0 Å². The Kier molecular flexibility index (Phi) is 7.12. The van der Waals surface area contributed by atoms with Crippen LogP contribution in [-0.4, -0.2) is 0 Å². The van der Waals surface area contributed by atoms with E-state index in [2.05, 4.69) is 25.3 Å². The third-order valence-electron chi connectivity index (χ3n) is 1.32. The molecule has 1 aliphatic rings. The van der Waals surface area contributed by atoms with Crippen molar-refractivity contribution in [3.63, 3.8) is 0 Å². The molecule has 0 saturated heterocycles. The fourth-order valence-electron chi connectivity index (χ4n) is 0.898. The molecule has 1 rings (SSSR count). The van der Waals surface area contributed by atoms with Gasteiger partial charge in [-0.25, -0.2) is 0 Å². The molecule has 9 heavy (non-hydrogen) atoms. The Morgan fingerprint density at radius 1 is 1.00 bits per heavy atom. The molecule has 0 amide bonds. The van der Waals surface area contributed by atoms with Crippen molar-refractivity contribution in [3.8, 4) is 0 Å². The molecular weight excluding hydrogens is 108 g/mol. The summed E-state index contributed by atoms with van der Waals surface area (Å²) in [5.74, 6) is 0. The Labute approximate surface area is 58.3 Å². The zero-order valence-electron chi connectivity index (χ0n) is 6.03. The first-order valence-electron chi connectivity index (χ1n) is 3.52. The smallest absolute Gasteiger partial charge is 0.0386 e. The number of hydrogen-bond acceptors (Lipinski definition) is 0. The van der Waals surface area contributed by atoms with Gasteiger partial charge in [-0.3, -0.25) is 0 Å². The van der Waals surface area contributed by atoms with Crippen LogP contribution in [0.25, 0.3) is 0 Å². The van der Waals surface area contributed by atoms with Crippen molar-refractivity contribution in [2.45, 2.75) is 32.1 Å². The highest BCUT2D eigenvalue weighted by Crippen LogP contribution is 2.14.